The number of rotatable bonds is 3. The topological polar surface area (TPSA) is 20.3 Å². The van der Waals surface area contributed by atoms with Gasteiger partial charge in [-0.15, -0.1) is 0 Å². The van der Waals surface area contributed by atoms with Gasteiger partial charge < -0.3 is 9.69 Å². The van der Waals surface area contributed by atoms with Crippen LogP contribution in [0, 0.1) is 5.82 Å². The number of benzene rings is 1. The lowest BCUT2D eigenvalue weighted by molar-refractivity contribution is -0.108. The fraction of sp³-hybridized carbons (Fsp3) is 0.417. The lowest BCUT2D eigenvalue weighted by Crippen LogP contribution is -2.31. The van der Waals surface area contributed by atoms with E-state index >= 15 is 0 Å². The molecule has 0 amide bonds. The number of anilines is 1. The van der Waals surface area contributed by atoms with Crippen LogP contribution in [-0.4, -0.2) is 18.9 Å². The number of hydrogen-bond donors (Lipinski definition) is 0. The van der Waals surface area contributed by atoms with Gasteiger partial charge in [0.2, 0.25) is 0 Å². The number of carbonyl (C=O) groups is 1. The minimum absolute atomic E-state index is 0.138. The predicted molar refractivity (Wildman–Crippen MR) is 57.6 cm³/mol. The molecular formula is C12H14FNO. The first-order valence-corrected chi connectivity index (χ1v) is 5.25. The number of likely N-dealkylation sites (N-methyl/N-ethyl adjacent to an activating group) is 1. The Hall–Kier alpha value is -1.38. The highest BCUT2D eigenvalue weighted by atomic mass is 19.1. The summed E-state index contributed by atoms with van der Waals surface area (Å²) in [5.74, 6) is -0.153. The number of carbonyl (C=O) groups excluding carboxylic acids is 1. The number of fused-ring (bicyclic) bond motifs is 1. The molecule has 0 radical (unpaired) electrons. The van der Waals surface area contributed by atoms with Crippen LogP contribution in [0.5, 0.6) is 0 Å². The number of halogens is 1. The molecule has 1 aromatic carbocycles. The third kappa shape index (κ3) is 1.62. The Morgan fingerprint density at radius 2 is 2.40 bits per heavy atom. The molecule has 0 saturated carbocycles. The average Bonchev–Trinajstić information content (AvgIpc) is 2.58. The molecule has 0 spiro atoms. The molecular weight excluding hydrogens is 193 g/mol. The Balaban J connectivity index is 2.36. The molecule has 3 heteroatoms. The summed E-state index contributed by atoms with van der Waals surface area (Å²) in [6, 6.07) is 5.27. The van der Waals surface area contributed by atoms with E-state index in [-0.39, 0.29) is 11.9 Å². The normalized spacial score (nSPS) is 19.1. The molecule has 0 fully saturated rings. The van der Waals surface area contributed by atoms with E-state index in [4.69, 9.17) is 0 Å². The summed E-state index contributed by atoms with van der Waals surface area (Å²) >= 11 is 0. The molecule has 80 valence electrons. The summed E-state index contributed by atoms with van der Waals surface area (Å²) in [7, 11) is 0. The lowest BCUT2D eigenvalue weighted by atomic mass is 10.1. The highest BCUT2D eigenvalue weighted by molar-refractivity contribution is 5.63. The molecule has 2 rings (SSSR count). The summed E-state index contributed by atoms with van der Waals surface area (Å²) in [6.07, 6.45) is 2.04. The molecule has 0 saturated heterocycles. The number of hydrogen-bond acceptors (Lipinski definition) is 2. The zero-order chi connectivity index (χ0) is 10.8. The fourth-order valence-electron chi connectivity index (χ4n) is 2.31. The maximum atomic E-state index is 13.5. The van der Waals surface area contributed by atoms with Gasteiger partial charge in [-0.05, 0) is 25.5 Å². The molecule has 1 aliphatic rings. The van der Waals surface area contributed by atoms with Gasteiger partial charge in [0, 0.05) is 30.3 Å². The Kier molecular flexibility index (Phi) is 2.71. The van der Waals surface area contributed by atoms with E-state index in [1.165, 1.54) is 6.07 Å². The summed E-state index contributed by atoms with van der Waals surface area (Å²) < 4.78 is 13.5. The van der Waals surface area contributed by atoms with Gasteiger partial charge in [0.1, 0.15) is 12.1 Å². The molecule has 1 atom stereocenters. The standard InChI is InChI=1S/C12H14FNO/c1-2-14-9(6-7-15)8-10-11(13)4-3-5-12(10)14/h3-5,7,9H,2,6,8H2,1H3. The second-order valence-electron chi connectivity index (χ2n) is 3.78. The van der Waals surface area contributed by atoms with Crippen LogP contribution in [0.15, 0.2) is 18.2 Å². The van der Waals surface area contributed by atoms with Crippen LogP contribution < -0.4 is 4.90 Å². The summed E-state index contributed by atoms with van der Waals surface area (Å²) in [5, 5.41) is 0. The van der Waals surface area contributed by atoms with Gasteiger partial charge in [0.15, 0.2) is 0 Å². The largest absolute Gasteiger partial charge is 0.368 e. The lowest BCUT2D eigenvalue weighted by Gasteiger charge is -2.24. The molecule has 0 aliphatic carbocycles. The quantitative estimate of drug-likeness (QED) is 0.708. The van der Waals surface area contributed by atoms with Crippen molar-refractivity contribution < 1.29 is 9.18 Å². The van der Waals surface area contributed by atoms with Crippen molar-refractivity contribution in [2.75, 3.05) is 11.4 Å². The molecule has 0 N–H and O–H groups in total. The first kappa shape index (κ1) is 10.1. The fourth-order valence-corrected chi connectivity index (χ4v) is 2.31. The molecule has 0 aromatic heterocycles. The maximum Gasteiger partial charge on any atom is 0.128 e. The second kappa shape index (κ2) is 4.01. The highest BCUT2D eigenvalue weighted by Crippen LogP contribution is 2.34. The third-order valence-electron chi connectivity index (χ3n) is 2.99. The second-order valence-corrected chi connectivity index (χ2v) is 3.78. The van der Waals surface area contributed by atoms with Crippen LogP contribution in [0.3, 0.4) is 0 Å². The van der Waals surface area contributed by atoms with Crippen LogP contribution in [-0.2, 0) is 11.2 Å². The van der Waals surface area contributed by atoms with Crippen LogP contribution in [0.25, 0.3) is 0 Å². The Bertz CT molecular complexity index is 378. The zero-order valence-corrected chi connectivity index (χ0v) is 8.74. The SMILES string of the molecule is CCN1c2cccc(F)c2CC1CC=O. The summed E-state index contributed by atoms with van der Waals surface area (Å²) in [5.41, 5.74) is 1.70. The minimum atomic E-state index is -0.153. The molecule has 1 aromatic rings. The Morgan fingerprint density at radius 1 is 1.60 bits per heavy atom. The van der Waals surface area contributed by atoms with Crippen LogP contribution in [0.2, 0.25) is 0 Å². The first-order chi connectivity index (χ1) is 7.27. The van der Waals surface area contributed by atoms with E-state index < -0.39 is 0 Å². The molecule has 2 nitrogen and oxygen atoms in total. The van der Waals surface area contributed by atoms with Gasteiger partial charge in [-0.1, -0.05) is 6.07 Å². The van der Waals surface area contributed by atoms with Crippen LogP contribution >= 0.6 is 0 Å². The van der Waals surface area contributed by atoms with Crippen molar-refractivity contribution in [2.45, 2.75) is 25.8 Å². The van der Waals surface area contributed by atoms with Crippen molar-refractivity contribution in [3.63, 3.8) is 0 Å². The smallest absolute Gasteiger partial charge is 0.128 e. The number of nitrogens with zero attached hydrogens (tertiary/aromatic N) is 1. The molecule has 1 unspecified atom stereocenters. The van der Waals surface area contributed by atoms with E-state index in [0.29, 0.717) is 12.8 Å². The van der Waals surface area contributed by atoms with Gasteiger partial charge in [0.05, 0.1) is 0 Å². The summed E-state index contributed by atoms with van der Waals surface area (Å²) in [6.45, 7) is 2.84. The van der Waals surface area contributed by atoms with Gasteiger partial charge in [-0.2, -0.15) is 0 Å². The van der Waals surface area contributed by atoms with E-state index in [2.05, 4.69) is 4.90 Å². The maximum absolute atomic E-state index is 13.5. The van der Waals surface area contributed by atoms with Crippen LogP contribution in [0.4, 0.5) is 10.1 Å². The van der Waals surface area contributed by atoms with E-state index in [1.807, 2.05) is 13.0 Å². The van der Waals surface area contributed by atoms with Crippen molar-refractivity contribution in [1.29, 1.82) is 0 Å². The zero-order valence-electron chi connectivity index (χ0n) is 8.74. The van der Waals surface area contributed by atoms with Crippen LogP contribution in [0.1, 0.15) is 18.9 Å². The molecule has 0 bridgehead atoms. The van der Waals surface area contributed by atoms with E-state index in [1.54, 1.807) is 6.07 Å². The highest BCUT2D eigenvalue weighted by Gasteiger charge is 2.29. The molecule has 15 heavy (non-hydrogen) atoms. The molecule has 1 heterocycles. The molecule has 1 aliphatic heterocycles. The Labute approximate surface area is 88.7 Å². The monoisotopic (exact) mass is 207 g/mol. The van der Waals surface area contributed by atoms with Gasteiger partial charge in [-0.3, -0.25) is 0 Å². The minimum Gasteiger partial charge on any atom is -0.368 e. The van der Waals surface area contributed by atoms with E-state index in [9.17, 15) is 9.18 Å². The van der Waals surface area contributed by atoms with Crippen molar-refractivity contribution in [1.82, 2.24) is 0 Å². The van der Waals surface area contributed by atoms with E-state index in [0.717, 1.165) is 24.1 Å². The third-order valence-corrected chi connectivity index (χ3v) is 2.99. The van der Waals surface area contributed by atoms with Gasteiger partial charge in [-0.25, -0.2) is 4.39 Å². The predicted octanol–water partition coefficient (Wildman–Crippen LogP) is 2.17. The van der Waals surface area contributed by atoms with Crippen molar-refractivity contribution in [3.05, 3.63) is 29.6 Å². The number of aldehydes is 1. The first-order valence-electron chi connectivity index (χ1n) is 5.25. The average molecular weight is 207 g/mol. The van der Waals surface area contributed by atoms with Crippen molar-refractivity contribution in [2.24, 2.45) is 0 Å². The Morgan fingerprint density at radius 3 is 3.07 bits per heavy atom. The van der Waals surface area contributed by atoms with Crippen molar-refractivity contribution >= 4 is 12.0 Å². The van der Waals surface area contributed by atoms with Crippen molar-refractivity contribution in [3.8, 4) is 0 Å². The summed E-state index contributed by atoms with van der Waals surface area (Å²) in [4.78, 5) is 12.6. The van der Waals surface area contributed by atoms with Gasteiger partial charge in [0.25, 0.3) is 0 Å². The van der Waals surface area contributed by atoms with Gasteiger partial charge >= 0.3 is 0 Å².